The van der Waals surface area contributed by atoms with E-state index in [0.29, 0.717) is 16.8 Å². The van der Waals surface area contributed by atoms with Gasteiger partial charge in [-0.3, -0.25) is 0 Å². The van der Waals surface area contributed by atoms with E-state index < -0.39 is 10.0 Å². The molecule has 0 bridgehead atoms. The summed E-state index contributed by atoms with van der Waals surface area (Å²) in [5, 5.41) is 3.32. The monoisotopic (exact) mass is 304 g/mol. The Morgan fingerprint density at radius 2 is 1.84 bits per heavy atom. The molecular formula is C13H21ClN2O2S. The van der Waals surface area contributed by atoms with Gasteiger partial charge in [-0.25, -0.2) is 12.7 Å². The van der Waals surface area contributed by atoms with Gasteiger partial charge >= 0.3 is 0 Å². The first-order chi connectivity index (χ1) is 8.87. The van der Waals surface area contributed by atoms with Crippen molar-refractivity contribution in [3.05, 3.63) is 24.3 Å². The molecule has 0 saturated heterocycles. The molecule has 0 spiro atoms. The normalized spacial score (nSPS) is 13.5. The van der Waals surface area contributed by atoms with Crippen LogP contribution in [0.5, 0.6) is 0 Å². The van der Waals surface area contributed by atoms with Crippen LogP contribution in [0.1, 0.15) is 19.8 Å². The third-order valence-corrected chi connectivity index (χ3v) is 4.91. The smallest absolute Gasteiger partial charge is 0.242 e. The minimum atomic E-state index is -3.35. The fourth-order valence-corrected chi connectivity index (χ4v) is 2.73. The van der Waals surface area contributed by atoms with Crippen molar-refractivity contribution in [3.8, 4) is 0 Å². The number of benzene rings is 1. The zero-order valence-electron chi connectivity index (χ0n) is 11.6. The van der Waals surface area contributed by atoms with E-state index in [1.54, 1.807) is 24.3 Å². The number of halogens is 1. The van der Waals surface area contributed by atoms with Crippen LogP contribution in [-0.4, -0.2) is 38.7 Å². The lowest BCUT2D eigenvalue weighted by atomic mass is 10.2. The van der Waals surface area contributed by atoms with Crippen LogP contribution in [0, 0.1) is 0 Å². The topological polar surface area (TPSA) is 49.4 Å². The van der Waals surface area contributed by atoms with Crippen molar-refractivity contribution in [2.75, 3.05) is 25.3 Å². The van der Waals surface area contributed by atoms with E-state index in [4.69, 9.17) is 11.6 Å². The quantitative estimate of drug-likeness (QED) is 0.788. The summed E-state index contributed by atoms with van der Waals surface area (Å²) in [7, 11) is -0.301. The average molecular weight is 305 g/mol. The van der Waals surface area contributed by atoms with Crippen LogP contribution < -0.4 is 5.32 Å². The third-order valence-electron chi connectivity index (χ3n) is 2.82. The maximum atomic E-state index is 11.9. The Balaban J connectivity index is 2.72. The van der Waals surface area contributed by atoms with E-state index in [-0.39, 0.29) is 0 Å². The molecule has 0 amide bonds. The van der Waals surface area contributed by atoms with Gasteiger partial charge in [0.15, 0.2) is 0 Å². The highest BCUT2D eigenvalue weighted by atomic mass is 35.5. The van der Waals surface area contributed by atoms with Gasteiger partial charge in [0.1, 0.15) is 0 Å². The molecule has 0 saturated carbocycles. The molecule has 0 aliphatic carbocycles. The molecule has 19 heavy (non-hydrogen) atoms. The second kappa shape index (κ2) is 7.12. The summed E-state index contributed by atoms with van der Waals surface area (Å²) in [6.07, 6.45) is 1.95. The summed E-state index contributed by atoms with van der Waals surface area (Å²) in [5.74, 6) is 0.659. The molecule has 0 fully saturated rings. The summed E-state index contributed by atoms with van der Waals surface area (Å²) in [6, 6.07) is 7.12. The Kier molecular flexibility index (Phi) is 6.10. The predicted molar refractivity (Wildman–Crippen MR) is 80.4 cm³/mol. The second-order valence-electron chi connectivity index (χ2n) is 4.69. The summed E-state index contributed by atoms with van der Waals surface area (Å²) in [5.41, 5.74) is 0.916. The summed E-state index contributed by atoms with van der Waals surface area (Å²) < 4.78 is 25.0. The lowest BCUT2D eigenvalue weighted by Crippen LogP contribution is -2.22. The molecule has 1 N–H and O–H groups in total. The van der Waals surface area contributed by atoms with E-state index in [1.807, 2.05) is 0 Å². The molecule has 1 unspecified atom stereocenters. The summed E-state index contributed by atoms with van der Waals surface area (Å²) >= 11 is 5.65. The first-order valence-electron chi connectivity index (χ1n) is 6.23. The molecule has 0 aliphatic rings. The Morgan fingerprint density at radius 3 is 2.32 bits per heavy atom. The molecule has 4 nitrogen and oxygen atoms in total. The van der Waals surface area contributed by atoms with Gasteiger partial charge in [0, 0.05) is 31.7 Å². The number of nitrogens with zero attached hydrogens (tertiary/aromatic N) is 1. The van der Waals surface area contributed by atoms with Crippen molar-refractivity contribution in [1.82, 2.24) is 4.31 Å². The van der Waals surface area contributed by atoms with Crippen molar-refractivity contribution >= 4 is 27.3 Å². The highest BCUT2D eigenvalue weighted by Crippen LogP contribution is 2.17. The molecule has 6 heteroatoms. The van der Waals surface area contributed by atoms with Crippen LogP contribution in [0.25, 0.3) is 0 Å². The van der Waals surface area contributed by atoms with Gasteiger partial charge < -0.3 is 5.32 Å². The molecule has 0 aliphatic heterocycles. The molecule has 0 aromatic heterocycles. The Morgan fingerprint density at radius 1 is 1.26 bits per heavy atom. The largest absolute Gasteiger partial charge is 0.383 e. The number of hydrogen-bond acceptors (Lipinski definition) is 3. The molecule has 0 heterocycles. The van der Waals surface area contributed by atoms with Crippen molar-refractivity contribution in [2.24, 2.45) is 0 Å². The maximum absolute atomic E-state index is 11.9. The van der Waals surface area contributed by atoms with E-state index in [0.717, 1.165) is 18.5 Å². The zero-order valence-corrected chi connectivity index (χ0v) is 13.1. The van der Waals surface area contributed by atoms with Gasteiger partial charge in [0.2, 0.25) is 10.0 Å². The van der Waals surface area contributed by atoms with E-state index in [2.05, 4.69) is 12.2 Å². The van der Waals surface area contributed by atoms with Gasteiger partial charge in [-0.05, 0) is 44.0 Å². The van der Waals surface area contributed by atoms with Gasteiger partial charge in [0.25, 0.3) is 0 Å². The van der Waals surface area contributed by atoms with Crippen LogP contribution >= 0.6 is 11.6 Å². The molecule has 108 valence electrons. The van der Waals surface area contributed by atoms with Crippen LogP contribution in [0.15, 0.2) is 29.2 Å². The molecular weight excluding hydrogens is 284 g/mol. The number of hydrogen-bond donors (Lipinski definition) is 1. The molecule has 1 aromatic carbocycles. The second-order valence-corrected chi connectivity index (χ2v) is 7.22. The third kappa shape index (κ3) is 4.67. The lowest BCUT2D eigenvalue weighted by molar-refractivity contribution is 0.521. The van der Waals surface area contributed by atoms with E-state index in [1.165, 1.54) is 18.4 Å². The van der Waals surface area contributed by atoms with Gasteiger partial charge in [-0.1, -0.05) is 0 Å². The van der Waals surface area contributed by atoms with Crippen molar-refractivity contribution in [3.63, 3.8) is 0 Å². The highest BCUT2D eigenvalue weighted by molar-refractivity contribution is 7.89. The van der Waals surface area contributed by atoms with Crippen LogP contribution in [0.3, 0.4) is 0 Å². The number of sulfonamides is 1. The SMILES string of the molecule is CC(CCCCl)Nc1ccc(S(=O)(=O)N(C)C)cc1. The number of nitrogens with one attached hydrogen (secondary N) is 1. The highest BCUT2D eigenvalue weighted by Gasteiger charge is 2.16. The number of anilines is 1. The molecule has 0 radical (unpaired) electrons. The Hall–Kier alpha value is -0.780. The van der Waals surface area contributed by atoms with Crippen LogP contribution in [0.2, 0.25) is 0 Å². The zero-order chi connectivity index (χ0) is 14.5. The summed E-state index contributed by atoms with van der Waals surface area (Å²) in [6.45, 7) is 2.08. The minimum absolute atomic E-state index is 0.302. The Bertz CT molecular complexity index is 486. The molecule has 1 aromatic rings. The standard InChI is InChI=1S/C13H21ClN2O2S/c1-11(5-4-10-14)15-12-6-8-13(9-7-12)19(17,18)16(2)3/h6-9,11,15H,4-5,10H2,1-3H3. The van der Waals surface area contributed by atoms with Crippen LogP contribution in [-0.2, 0) is 10.0 Å². The molecule has 1 rings (SSSR count). The van der Waals surface area contributed by atoms with Gasteiger partial charge in [-0.2, -0.15) is 0 Å². The molecule has 1 atom stereocenters. The predicted octanol–water partition coefficient (Wildman–Crippen LogP) is 2.76. The van der Waals surface area contributed by atoms with E-state index in [9.17, 15) is 8.42 Å². The maximum Gasteiger partial charge on any atom is 0.242 e. The van der Waals surface area contributed by atoms with Gasteiger partial charge in [0.05, 0.1) is 4.90 Å². The van der Waals surface area contributed by atoms with E-state index >= 15 is 0 Å². The van der Waals surface area contributed by atoms with Crippen molar-refractivity contribution in [1.29, 1.82) is 0 Å². The Labute approximate surface area is 120 Å². The summed E-state index contributed by atoms with van der Waals surface area (Å²) in [4.78, 5) is 0.302. The van der Waals surface area contributed by atoms with Crippen molar-refractivity contribution in [2.45, 2.75) is 30.7 Å². The number of rotatable bonds is 7. The minimum Gasteiger partial charge on any atom is -0.383 e. The fraction of sp³-hybridized carbons (Fsp3) is 0.538. The van der Waals surface area contributed by atoms with Gasteiger partial charge in [-0.15, -0.1) is 11.6 Å². The fourth-order valence-electron chi connectivity index (χ4n) is 1.67. The van der Waals surface area contributed by atoms with Crippen molar-refractivity contribution < 1.29 is 8.42 Å². The first-order valence-corrected chi connectivity index (χ1v) is 8.20. The van der Waals surface area contributed by atoms with Crippen LogP contribution in [0.4, 0.5) is 5.69 Å². The number of alkyl halides is 1. The first kappa shape index (κ1) is 16.3. The lowest BCUT2D eigenvalue weighted by Gasteiger charge is -2.16. The average Bonchev–Trinajstić information content (AvgIpc) is 2.36.